The van der Waals surface area contributed by atoms with Gasteiger partial charge in [0.05, 0.1) is 21.0 Å². The normalized spacial score (nSPS) is 11.2. The quantitative estimate of drug-likeness (QED) is 0.667. The van der Waals surface area contributed by atoms with Crippen LogP contribution in [-0.4, -0.2) is 32.7 Å². The molecule has 0 saturated heterocycles. The molecular weight excluding hydrogens is 477 g/mol. The second-order valence-electron chi connectivity index (χ2n) is 5.19. The third-order valence-electron chi connectivity index (χ3n) is 3.31. The Morgan fingerprint density at radius 3 is 2.52 bits per heavy atom. The lowest BCUT2D eigenvalue weighted by molar-refractivity contribution is 0.102. The summed E-state index contributed by atoms with van der Waals surface area (Å²) in [6.07, 6.45) is 0. The van der Waals surface area contributed by atoms with Crippen molar-refractivity contribution < 1.29 is 13.2 Å². The molecule has 0 saturated carbocycles. The maximum absolute atomic E-state index is 12.5. The number of benzene rings is 2. The van der Waals surface area contributed by atoms with Gasteiger partial charge in [-0.1, -0.05) is 11.6 Å². The van der Waals surface area contributed by atoms with Gasteiger partial charge in [0, 0.05) is 23.4 Å². The van der Waals surface area contributed by atoms with Gasteiger partial charge in [0.25, 0.3) is 5.91 Å². The third kappa shape index (κ3) is 4.30. The maximum atomic E-state index is 12.5. The lowest BCUT2D eigenvalue weighted by atomic mass is 10.2. The van der Waals surface area contributed by atoms with Crippen molar-refractivity contribution >= 4 is 55.8 Å². The van der Waals surface area contributed by atoms with E-state index < -0.39 is 15.9 Å². The number of nitrogens with one attached hydrogen (secondary N) is 1. The van der Waals surface area contributed by atoms with E-state index in [9.17, 15) is 13.2 Å². The second-order valence-corrected chi connectivity index (χ2v) is 8.91. The van der Waals surface area contributed by atoms with Crippen LogP contribution in [0.5, 0.6) is 0 Å². The molecule has 2 aromatic rings. The zero-order valence-electron chi connectivity index (χ0n) is 13.2. The summed E-state index contributed by atoms with van der Waals surface area (Å²) in [5, 5.41) is 11.9. The van der Waals surface area contributed by atoms with E-state index in [1.54, 1.807) is 12.1 Å². The highest BCUT2D eigenvalue weighted by molar-refractivity contribution is 14.1. The Morgan fingerprint density at radius 2 is 1.92 bits per heavy atom. The van der Waals surface area contributed by atoms with Crippen LogP contribution in [0.25, 0.3) is 0 Å². The van der Waals surface area contributed by atoms with Crippen molar-refractivity contribution in [3.63, 3.8) is 0 Å². The van der Waals surface area contributed by atoms with Gasteiger partial charge in [-0.25, -0.2) is 12.7 Å². The van der Waals surface area contributed by atoms with E-state index in [1.165, 1.54) is 38.4 Å². The highest BCUT2D eigenvalue weighted by Gasteiger charge is 2.20. The van der Waals surface area contributed by atoms with E-state index in [0.29, 0.717) is 9.26 Å². The summed E-state index contributed by atoms with van der Waals surface area (Å²) in [7, 11) is -0.808. The van der Waals surface area contributed by atoms with E-state index in [1.807, 2.05) is 28.7 Å². The Labute approximate surface area is 164 Å². The topological polar surface area (TPSA) is 90.3 Å². The van der Waals surface area contributed by atoms with Crippen LogP contribution in [0.4, 0.5) is 5.69 Å². The molecule has 6 nitrogen and oxygen atoms in total. The van der Waals surface area contributed by atoms with Crippen LogP contribution >= 0.6 is 34.2 Å². The summed E-state index contributed by atoms with van der Waals surface area (Å²) in [5.74, 6) is -0.480. The molecule has 0 aliphatic rings. The Bertz CT molecular complexity index is 985. The molecule has 130 valence electrons. The van der Waals surface area contributed by atoms with Crippen molar-refractivity contribution in [3.8, 4) is 6.07 Å². The number of rotatable bonds is 4. The van der Waals surface area contributed by atoms with Crippen molar-refractivity contribution in [1.29, 1.82) is 5.26 Å². The first-order valence-corrected chi connectivity index (χ1v) is 9.79. The predicted molar refractivity (Wildman–Crippen MR) is 104 cm³/mol. The van der Waals surface area contributed by atoms with E-state index in [4.69, 9.17) is 16.9 Å². The number of carbonyl (C=O) groups excluding carboxylic acids is 1. The molecule has 1 amide bonds. The van der Waals surface area contributed by atoms with Crippen LogP contribution in [0.15, 0.2) is 41.3 Å². The molecule has 2 aromatic carbocycles. The molecule has 0 aliphatic carbocycles. The van der Waals surface area contributed by atoms with Gasteiger partial charge in [0.1, 0.15) is 6.07 Å². The Kier molecular flexibility index (Phi) is 6.05. The number of sulfonamides is 1. The predicted octanol–water partition coefficient (Wildman–Crippen LogP) is 3.32. The Hall–Kier alpha value is -1.67. The number of carbonyl (C=O) groups is 1. The van der Waals surface area contributed by atoms with Gasteiger partial charge in [-0.3, -0.25) is 4.79 Å². The molecule has 0 heterocycles. The second kappa shape index (κ2) is 7.70. The fourth-order valence-electron chi connectivity index (χ4n) is 1.94. The van der Waals surface area contributed by atoms with Crippen LogP contribution in [0.1, 0.15) is 15.9 Å². The molecule has 0 aromatic heterocycles. The van der Waals surface area contributed by atoms with Crippen molar-refractivity contribution in [3.05, 3.63) is 56.1 Å². The number of hydrogen-bond acceptors (Lipinski definition) is 4. The molecule has 25 heavy (non-hydrogen) atoms. The SMILES string of the molecule is CN(C)S(=O)(=O)c1ccc(I)c(C(=O)Nc2ccc(Cl)c(C#N)c2)c1. The van der Waals surface area contributed by atoms with Crippen molar-refractivity contribution in [2.45, 2.75) is 4.90 Å². The van der Waals surface area contributed by atoms with Gasteiger partial charge < -0.3 is 5.32 Å². The first-order valence-electron chi connectivity index (χ1n) is 6.90. The highest BCUT2D eigenvalue weighted by atomic mass is 127. The van der Waals surface area contributed by atoms with E-state index >= 15 is 0 Å². The third-order valence-corrected chi connectivity index (χ3v) is 6.39. The van der Waals surface area contributed by atoms with Gasteiger partial charge in [0.2, 0.25) is 10.0 Å². The summed E-state index contributed by atoms with van der Waals surface area (Å²) in [6.45, 7) is 0. The summed E-state index contributed by atoms with van der Waals surface area (Å²) in [5.41, 5.74) is 0.845. The average Bonchev–Trinajstić information content (AvgIpc) is 2.56. The zero-order chi connectivity index (χ0) is 18.8. The van der Waals surface area contributed by atoms with Crippen LogP contribution in [0.3, 0.4) is 0 Å². The maximum Gasteiger partial charge on any atom is 0.256 e. The largest absolute Gasteiger partial charge is 0.322 e. The summed E-state index contributed by atoms with van der Waals surface area (Å²) >= 11 is 7.83. The standard InChI is InChI=1S/C16H13ClIN3O3S/c1-21(2)25(23,24)12-4-6-15(18)13(8-12)16(22)20-11-3-5-14(17)10(7-11)9-19/h3-8H,1-2H3,(H,20,22). The minimum atomic E-state index is -3.65. The number of amides is 1. The van der Waals surface area contributed by atoms with Crippen LogP contribution in [0, 0.1) is 14.9 Å². The van der Waals surface area contributed by atoms with Crippen LogP contribution in [0.2, 0.25) is 5.02 Å². The molecule has 0 aliphatic heterocycles. The van der Waals surface area contributed by atoms with E-state index in [0.717, 1.165) is 4.31 Å². The molecule has 1 N–H and O–H groups in total. The first-order chi connectivity index (χ1) is 11.7. The minimum Gasteiger partial charge on any atom is -0.322 e. The fraction of sp³-hybridized carbons (Fsp3) is 0.125. The number of nitrogens with zero attached hydrogens (tertiary/aromatic N) is 2. The summed E-state index contributed by atoms with van der Waals surface area (Å²) in [4.78, 5) is 12.6. The van der Waals surface area contributed by atoms with Crippen LogP contribution < -0.4 is 5.32 Å². The summed E-state index contributed by atoms with van der Waals surface area (Å²) in [6, 6.07) is 10.8. The number of halogens is 2. The average molecular weight is 490 g/mol. The number of hydrogen-bond donors (Lipinski definition) is 1. The van der Waals surface area contributed by atoms with Crippen molar-refractivity contribution in [2.24, 2.45) is 0 Å². The fourth-order valence-corrected chi connectivity index (χ4v) is 3.61. The Balaban J connectivity index is 2.39. The molecule has 0 bridgehead atoms. The smallest absolute Gasteiger partial charge is 0.256 e. The van der Waals surface area contributed by atoms with Gasteiger partial charge in [-0.05, 0) is 59.0 Å². The van der Waals surface area contributed by atoms with E-state index in [-0.39, 0.29) is 21.0 Å². The molecule has 2 rings (SSSR count). The molecule has 0 fully saturated rings. The number of nitriles is 1. The summed E-state index contributed by atoms with van der Waals surface area (Å²) < 4.78 is 26.2. The van der Waals surface area contributed by atoms with Gasteiger partial charge in [0.15, 0.2) is 0 Å². The molecule has 0 spiro atoms. The lowest BCUT2D eigenvalue weighted by Crippen LogP contribution is -2.23. The zero-order valence-corrected chi connectivity index (χ0v) is 17.0. The van der Waals surface area contributed by atoms with E-state index in [2.05, 4.69) is 5.32 Å². The lowest BCUT2D eigenvalue weighted by Gasteiger charge is -2.13. The van der Waals surface area contributed by atoms with Crippen molar-refractivity contribution in [1.82, 2.24) is 4.31 Å². The minimum absolute atomic E-state index is 0.0249. The number of anilines is 1. The van der Waals surface area contributed by atoms with Gasteiger partial charge >= 0.3 is 0 Å². The van der Waals surface area contributed by atoms with Crippen molar-refractivity contribution in [2.75, 3.05) is 19.4 Å². The molecule has 9 heteroatoms. The molecule has 0 radical (unpaired) electrons. The van der Waals surface area contributed by atoms with Gasteiger partial charge in [-0.15, -0.1) is 0 Å². The van der Waals surface area contributed by atoms with Crippen LogP contribution in [-0.2, 0) is 10.0 Å². The monoisotopic (exact) mass is 489 g/mol. The molecular formula is C16H13ClIN3O3S. The molecule has 0 unspecified atom stereocenters. The highest BCUT2D eigenvalue weighted by Crippen LogP contribution is 2.23. The molecule has 0 atom stereocenters. The first kappa shape index (κ1) is 19.7. The van der Waals surface area contributed by atoms with Gasteiger partial charge in [-0.2, -0.15) is 5.26 Å². The Morgan fingerprint density at radius 1 is 1.24 bits per heavy atom.